The average Bonchev–Trinajstić information content (AvgIpc) is 2.88. The van der Waals surface area contributed by atoms with Crippen LogP contribution >= 0.6 is 0 Å². The molecule has 1 aromatic heterocycles. The number of benzene rings is 2. The van der Waals surface area contributed by atoms with Gasteiger partial charge in [-0.05, 0) is 49.2 Å². The average molecular weight is 294 g/mol. The number of nitrogens with zero attached hydrogens (tertiary/aromatic N) is 3. The topological polar surface area (TPSA) is 66.0 Å². The van der Waals surface area contributed by atoms with Gasteiger partial charge in [-0.1, -0.05) is 23.4 Å². The smallest absolute Gasteiger partial charge is 0.155 e. The lowest BCUT2D eigenvalue weighted by Crippen LogP contribution is -2.03. The summed E-state index contributed by atoms with van der Waals surface area (Å²) in [6.07, 6.45) is 0. The molecule has 0 saturated heterocycles. The SMILES string of the molecule is COc1cccc(-c2nnn(-c3cc(C)cc(C)c3)c2N)c1. The number of hydrogen-bond acceptors (Lipinski definition) is 4. The quantitative estimate of drug-likeness (QED) is 0.806. The van der Waals surface area contributed by atoms with Crippen LogP contribution in [-0.2, 0) is 0 Å². The fourth-order valence-corrected chi connectivity index (χ4v) is 2.53. The third-order valence-corrected chi connectivity index (χ3v) is 3.50. The van der Waals surface area contributed by atoms with Crippen molar-refractivity contribution in [3.05, 3.63) is 53.6 Å². The normalized spacial score (nSPS) is 10.7. The molecule has 0 aliphatic carbocycles. The van der Waals surface area contributed by atoms with E-state index >= 15 is 0 Å². The highest BCUT2D eigenvalue weighted by atomic mass is 16.5. The molecule has 0 aliphatic heterocycles. The van der Waals surface area contributed by atoms with E-state index in [1.54, 1.807) is 11.8 Å². The van der Waals surface area contributed by atoms with Crippen LogP contribution in [0.3, 0.4) is 0 Å². The first kappa shape index (κ1) is 14.1. The fraction of sp³-hybridized carbons (Fsp3) is 0.176. The molecular weight excluding hydrogens is 276 g/mol. The number of nitrogens with two attached hydrogens (primary N) is 1. The van der Waals surface area contributed by atoms with Gasteiger partial charge in [-0.15, -0.1) is 5.10 Å². The molecule has 5 heteroatoms. The maximum Gasteiger partial charge on any atom is 0.155 e. The third kappa shape index (κ3) is 2.53. The van der Waals surface area contributed by atoms with Gasteiger partial charge in [-0.3, -0.25) is 0 Å². The van der Waals surface area contributed by atoms with Crippen molar-refractivity contribution in [1.82, 2.24) is 15.0 Å². The molecule has 22 heavy (non-hydrogen) atoms. The molecule has 0 saturated carbocycles. The van der Waals surface area contributed by atoms with E-state index < -0.39 is 0 Å². The molecule has 0 radical (unpaired) electrons. The van der Waals surface area contributed by atoms with Crippen LogP contribution in [0.1, 0.15) is 11.1 Å². The van der Waals surface area contributed by atoms with Crippen LogP contribution in [0.5, 0.6) is 5.75 Å². The van der Waals surface area contributed by atoms with Gasteiger partial charge in [0.05, 0.1) is 12.8 Å². The van der Waals surface area contributed by atoms with Gasteiger partial charge in [0.25, 0.3) is 0 Å². The number of rotatable bonds is 3. The molecule has 3 rings (SSSR count). The first-order valence-electron chi connectivity index (χ1n) is 7.03. The van der Waals surface area contributed by atoms with Crippen molar-refractivity contribution in [2.24, 2.45) is 0 Å². The fourth-order valence-electron chi connectivity index (χ4n) is 2.53. The highest BCUT2D eigenvalue weighted by Crippen LogP contribution is 2.28. The predicted molar refractivity (Wildman–Crippen MR) is 87.2 cm³/mol. The van der Waals surface area contributed by atoms with Crippen LogP contribution in [0.25, 0.3) is 16.9 Å². The van der Waals surface area contributed by atoms with Crippen LogP contribution in [0.4, 0.5) is 5.82 Å². The van der Waals surface area contributed by atoms with Crippen molar-refractivity contribution < 1.29 is 4.74 Å². The van der Waals surface area contributed by atoms with Crippen molar-refractivity contribution in [3.63, 3.8) is 0 Å². The van der Waals surface area contributed by atoms with Gasteiger partial charge in [0, 0.05) is 5.56 Å². The van der Waals surface area contributed by atoms with E-state index in [9.17, 15) is 0 Å². The lowest BCUT2D eigenvalue weighted by molar-refractivity contribution is 0.415. The molecule has 0 atom stereocenters. The highest BCUT2D eigenvalue weighted by molar-refractivity contribution is 5.72. The molecule has 3 aromatic rings. The minimum Gasteiger partial charge on any atom is -0.497 e. The van der Waals surface area contributed by atoms with E-state index in [2.05, 4.69) is 16.4 Å². The Bertz CT molecular complexity index is 803. The van der Waals surface area contributed by atoms with E-state index in [0.29, 0.717) is 11.5 Å². The third-order valence-electron chi connectivity index (χ3n) is 3.50. The van der Waals surface area contributed by atoms with E-state index in [4.69, 9.17) is 10.5 Å². The van der Waals surface area contributed by atoms with Crippen LogP contribution in [0.15, 0.2) is 42.5 Å². The van der Waals surface area contributed by atoms with Gasteiger partial charge < -0.3 is 10.5 Å². The molecule has 0 fully saturated rings. The maximum atomic E-state index is 6.26. The number of nitrogen functional groups attached to an aromatic ring is 1. The van der Waals surface area contributed by atoms with Gasteiger partial charge in [0.15, 0.2) is 5.82 Å². The Hall–Kier alpha value is -2.82. The summed E-state index contributed by atoms with van der Waals surface area (Å²) in [5, 5.41) is 8.43. The van der Waals surface area contributed by atoms with Crippen molar-refractivity contribution in [1.29, 1.82) is 0 Å². The van der Waals surface area contributed by atoms with Crippen molar-refractivity contribution in [3.8, 4) is 22.7 Å². The Labute approximate surface area is 129 Å². The number of aromatic nitrogens is 3. The van der Waals surface area contributed by atoms with Gasteiger partial charge in [0.1, 0.15) is 11.4 Å². The van der Waals surface area contributed by atoms with Gasteiger partial charge >= 0.3 is 0 Å². The Morgan fingerprint density at radius 1 is 1.05 bits per heavy atom. The van der Waals surface area contributed by atoms with E-state index in [0.717, 1.165) is 28.1 Å². The number of ether oxygens (including phenoxy) is 1. The Morgan fingerprint density at radius 3 is 2.45 bits per heavy atom. The molecule has 5 nitrogen and oxygen atoms in total. The standard InChI is InChI=1S/C17H18N4O/c1-11-7-12(2)9-14(8-11)21-17(18)16(19-20-21)13-5-4-6-15(10-13)22-3/h4-10H,18H2,1-3H3. The van der Waals surface area contributed by atoms with Crippen molar-refractivity contribution >= 4 is 5.82 Å². The minimum absolute atomic E-state index is 0.512. The molecule has 112 valence electrons. The second kappa shape index (κ2) is 5.52. The number of hydrogen-bond donors (Lipinski definition) is 1. The van der Waals surface area contributed by atoms with Gasteiger partial charge in [-0.25, -0.2) is 0 Å². The summed E-state index contributed by atoms with van der Waals surface area (Å²) < 4.78 is 6.90. The Kier molecular flexibility index (Phi) is 3.55. The summed E-state index contributed by atoms with van der Waals surface area (Å²) in [5.41, 5.74) is 11.0. The molecule has 2 aromatic carbocycles. The van der Waals surface area contributed by atoms with Crippen LogP contribution in [0, 0.1) is 13.8 Å². The van der Waals surface area contributed by atoms with E-state index in [1.807, 2.05) is 50.2 Å². The molecule has 2 N–H and O–H groups in total. The maximum absolute atomic E-state index is 6.26. The molecule has 1 heterocycles. The summed E-state index contributed by atoms with van der Waals surface area (Å²) in [7, 11) is 1.63. The second-order valence-electron chi connectivity index (χ2n) is 5.31. The zero-order valence-corrected chi connectivity index (χ0v) is 12.9. The predicted octanol–water partition coefficient (Wildman–Crippen LogP) is 3.14. The highest BCUT2D eigenvalue weighted by Gasteiger charge is 2.14. The Balaban J connectivity index is 2.08. The minimum atomic E-state index is 0.512. The zero-order chi connectivity index (χ0) is 15.7. The lowest BCUT2D eigenvalue weighted by atomic mass is 10.1. The van der Waals surface area contributed by atoms with Crippen LogP contribution in [-0.4, -0.2) is 22.1 Å². The second-order valence-corrected chi connectivity index (χ2v) is 5.31. The summed E-state index contributed by atoms with van der Waals surface area (Å²) in [5.74, 6) is 1.27. The Morgan fingerprint density at radius 2 is 1.77 bits per heavy atom. The van der Waals surface area contributed by atoms with E-state index in [-0.39, 0.29) is 0 Å². The van der Waals surface area contributed by atoms with Gasteiger partial charge in [0.2, 0.25) is 0 Å². The van der Waals surface area contributed by atoms with E-state index in [1.165, 1.54) is 0 Å². The number of methoxy groups -OCH3 is 1. The zero-order valence-electron chi connectivity index (χ0n) is 12.9. The largest absolute Gasteiger partial charge is 0.497 e. The molecule has 0 spiro atoms. The first-order chi connectivity index (χ1) is 10.6. The van der Waals surface area contributed by atoms with Gasteiger partial charge in [-0.2, -0.15) is 4.68 Å². The number of anilines is 1. The summed E-state index contributed by atoms with van der Waals surface area (Å²) in [4.78, 5) is 0. The molecule has 0 aliphatic rings. The monoisotopic (exact) mass is 294 g/mol. The van der Waals surface area contributed by atoms with Crippen LogP contribution in [0.2, 0.25) is 0 Å². The van der Waals surface area contributed by atoms with Crippen LogP contribution < -0.4 is 10.5 Å². The molecule has 0 unspecified atom stereocenters. The number of aryl methyl sites for hydroxylation is 2. The first-order valence-corrected chi connectivity index (χ1v) is 7.03. The summed E-state index contributed by atoms with van der Waals surface area (Å²) in [6.45, 7) is 4.10. The summed E-state index contributed by atoms with van der Waals surface area (Å²) >= 11 is 0. The van der Waals surface area contributed by atoms with Crippen molar-refractivity contribution in [2.75, 3.05) is 12.8 Å². The molecular formula is C17H18N4O. The van der Waals surface area contributed by atoms with Crippen molar-refractivity contribution in [2.45, 2.75) is 13.8 Å². The lowest BCUT2D eigenvalue weighted by Gasteiger charge is -2.07. The molecule has 0 bridgehead atoms. The summed E-state index contributed by atoms with van der Waals surface area (Å²) in [6, 6.07) is 13.8. The molecule has 0 amide bonds.